The summed E-state index contributed by atoms with van der Waals surface area (Å²) >= 11 is 5.26. The van der Waals surface area contributed by atoms with Crippen LogP contribution in [0, 0.1) is 4.77 Å². The largest absolute Gasteiger partial charge is 0.494 e. The highest BCUT2D eigenvalue weighted by molar-refractivity contribution is 7.71. The second kappa shape index (κ2) is 8.40. The Hall–Kier alpha value is -1.47. The van der Waals surface area contributed by atoms with E-state index in [1.165, 1.54) is 30.0 Å². The summed E-state index contributed by atoms with van der Waals surface area (Å²) in [6.45, 7) is 8.53. The second-order valence-electron chi connectivity index (χ2n) is 5.75. The maximum absolute atomic E-state index is 12.4. The van der Waals surface area contributed by atoms with Crippen molar-refractivity contribution in [2.45, 2.75) is 46.2 Å². The van der Waals surface area contributed by atoms with Crippen LogP contribution in [-0.2, 0) is 13.1 Å². The van der Waals surface area contributed by atoms with Crippen LogP contribution < -0.4 is 5.56 Å². The Balaban J connectivity index is 2.16. The first-order valence-electron chi connectivity index (χ1n) is 8.38. The van der Waals surface area contributed by atoms with E-state index in [4.69, 9.17) is 12.2 Å². The van der Waals surface area contributed by atoms with Crippen molar-refractivity contribution in [2.75, 3.05) is 26.2 Å². The molecule has 0 aliphatic carbocycles. The van der Waals surface area contributed by atoms with Gasteiger partial charge in [0.25, 0.3) is 5.56 Å². The van der Waals surface area contributed by atoms with Gasteiger partial charge in [-0.1, -0.05) is 6.42 Å². The van der Waals surface area contributed by atoms with Gasteiger partial charge >= 0.3 is 0 Å². The van der Waals surface area contributed by atoms with Crippen LogP contribution in [0.3, 0.4) is 0 Å². The summed E-state index contributed by atoms with van der Waals surface area (Å²) < 4.78 is 3.40. The highest BCUT2D eigenvalue weighted by atomic mass is 32.1. The topological polar surface area (TPSA) is 62.8 Å². The van der Waals surface area contributed by atoms with E-state index < -0.39 is 0 Å². The predicted octanol–water partition coefficient (Wildman–Crippen LogP) is 2.03. The molecule has 1 N–H and O–H groups in total. The minimum Gasteiger partial charge on any atom is -0.494 e. The van der Waals surface area contributed by atoms with E-state index in [9.17, 15) is 9.90 Å². The monoisotopic (exact) mass is 338 g/mol. The van der Waals surface area contributed by atoms with Gasteiger partial charge in [0.15, 0.2) is 4.77 Å². The summed E-state index contributed by atoms with van der Waals surface area (Å²) in [5, 5.41) is 10.3. The molecule has 6 nitrogen and oxygen atoms in total. The summed E-state index contributed by atoms with van der Waals surface area (Å²) in [5.41, 5.74) is -0.0534. The normalized spacial score (nSPS) is 16.3. The van der Waals surface area contributed by atoms with E-state index in [2.05, 4.69) is 9.89 Å². The van der Waals surface area contributed by atoms with Crippen LogP contribution in [0.2, 0.25) is 0 Å². The first-order valence-corrected chi connectivity index (χ1v) is 8.79. The van der Waals surface area contributed by atoms with E-state index in [0.717, 1.165) is 19.6 Å². The molecule has 0 saturated carbocycles. The molecule has 1 aliphatic rings. The van der Waals surface area contributed by atoms with Crippen molar-refractivity contribution in [3.8, 4) is 5.88 Å². The quantitative estimate of drug-likeness (QED) is 0.637. The molecule has 0 bridgehead atoms. The SMILES string of the molecule is CCn1c(O)c(C=NCCN2CCCCC2)c(=O)n(CC)c1=S. The maximum Gasteiger partial charge on any atom is 0.267 e. The van der Waals surface area contributed by atoms with Crippen molar-refractivity contribution >= 4 is 18.4 Å². The molecular weight excluding hydrogens is 312 g/mol. The highest BCUT2D eigenvalue weighted by Gasteiger charge is 2.14. The van der Waals surface area contributed by atoms with Crippen molar-refractivity contribution in [3.05, 3.63) is 20.7 Å². The molecule has 0 atom stereocenters. The van der Waals surface area contributed by atoms with Crippen LogP contribution in [0.1, 0.15) is 38.7 Å². The van der Waals surface area contributed by atoms with Crippen molar-refractivity contribution < 1.29 is 5.11 Å². The smallest absolute Gasteiger partial charge is 0.267 e. The molecule has 2 heterocycles. The number of aliphatic imine (C=N–C) groups is 1. The molecule has 1 fully saturated rings. The first kappa shape index (κ1) is 17.9. The molecule has 0 spiro atoms. The molecule has 0 aromatic carbocycles. The second-order valence-corrected chi connectivity index (χ2v) is 6.12. The van der Waals surface area contributed by atoms with E-state index in [1.807, 2.05) is 13.8 Å². The Morgan fingerprint density at radius 1 is 1.17 bits per heavy atom. The van der Waals surface area contributed by atoms with E-state index in [-0.39, 0.29) is 17.0 Å². The average molecular weight is 338 g/mol. The number of nitrogens with zero attached hydrogens (tertiary/aromatic N) is 4. The fraction of sp³-hybridized carbons (Fsp3) is 0.688. The minimum atomic E-state index is -0.276. The lowest BCUT2D eigenvalue weighted by Crippen LogP contribution is -2.32. The third-order valence-electron chi connectivity index (χ3n) is 4.28. The fourth-order valence-electron chi connectivity index (χ4n) is 2.92. The lowest BCUT2D eigenvalue weighted by molar-refractivity contribution is 0.235. The van der Waals surface area contributed by atoms with Gasteiger partial charge in [0.2, 0.25) is 5.88 Å². The molecule has 7 heteroatoms. The van der Waals surface area contributed by atoms with Gasteiger partial charge in [-0.25, -0.2) is 0 Å². The standard InChI is InChI=1S/C16H26N4O2S/c1-3-19-14(21)13(15(22)20(4-2)16(19)23)12-17-8-11-18-9-6-5-7-10-18/h12,21H,3-11H2,1-2H3. The van der Waals surface area contributed by atoms with Gasteiger partial charge in [0, 0.05) is 25.8 Å². The first-order chi connectivity index (χ1) is 11.1. The van der Waals surface area contributed by atoms with Crippen LogP contribution in [0.4, 0.5) is 0 Å². The molecular formula is C16H26N4O2S. The molecule has 1 aromatic heterocycles. The minimum absolute atomic E-state index is 0.0890. The van der Waals surface area contributed by atoms with Crippen molar-refractivity contribution in [1.82, 2.24) is 14.0 Å². The summed E-state index contributed by atoms with van der Waals surface area (Å²) in [5.74, 6) is -0.0890. The molecule has 0 radical (unpaired) electrons. The summed E-state index contributed by atoms with van der Waals surface area (Å²) in [4.78, 5) is 19.2. The zero-order chi connectivity index (χ0) is 16.8. The maximum atomic E-state index is 12.4. The molecule has 1 aliphatic heterocycles. The number of hydrogen-bond donors (Lipinski definition) is 1. The predicted molar refractivity (Wildman–Crippen MR) is 95.3 cm³/mol. The number of piperidine rings is 1. The Kier molecular flexibility index (Phi) is 6.53. The number of aromatic nitrogens is 2. The molecule has 128 valence electrons. The third-order valence-corrected chi connectivity index (χ3v) is 4.72. The fourth-order valence-corrected chi connectivity index (χ4v) is 3.35. The van der Waals surface area contributed by atoms with Crippen molar-refractivity contribution in [3.63, 3.8) is 0 Å². The van der Waals surface area contributed by atoms with E-state index in [0.29, 0.717) is 24.4 Å². The molecule has 0 unspecified atom stereocenters. The van der Waals surface area contributed by atoms with Crippen LogP contribution in [-0.4, -0.2) is 51.5 Å². The molecule has 1 saturated heterocycles. The molecule has 2 rings (SSSR count). The summed E-state index contributed by atoms with van der Waals surface area (Å²) in [7, 11) is 0. The third kappa shape index (κ3) is 4.09. The van der Waals surface area contributed by atoms with Gasteiger partial charge in [-0.2, -0.15) is 0 Å². The van der Waals surface area contributed by atoms with Gasteiger partial charge in [0.1, 0.15) is 5.56 Å². The zero-order valence-electron chi connectivity index (χ0n) is 14.0. The van der Waals surface area contributed by atoms with Crippen LogP contribution >= 0.6 is 12.2 Å². The molecule has 0 amide bonds. The van der Waals surface area contributed by atoms with E-state index in [1.54, 1.807) is 4.57 Å². The summed E-state index contributed by atoms with van der Waals surface area (Å²) in [6, 6.07) is 0. The van der Waals surface area contributed by atoms with Crippen LogP contribution in [0.25, 0.3) is 0 Å². The van der Waals surface area contributed by atoms with E-state index >= 15 is 0 Å². The molecule has 1 aromatic rings. The van der Waals surface area contributed by atoms with Gasteiger partial charge in [-0.05, 0) is 52.0 Å². The lowest BCUT2D eigenvalue weighted by Gasteiger charge is -2.25. The number of aromatic hydroxyl groups is 1. The van der Waals surface area contributed by atoms with Crippen molar-refractivity contribution in [1.29, 1.82) is 0 Å². The lowest BCUT2D eigenvalue weighted by atomic mass is 10.1. The highest BCUT2D eigenvalue weighted by Crippen LogP contribution is 2.13. The van der Waals surface area contributed by atoms with Gasteiger partial charge < -0.3 is 10.0 Å². The molecule has 23 heavy (non-hydrogen) atoms. The number of hydrogen-bond acceptors (Lipinski definition) is 5. The Bertz CT molecular complexity index is 672. The van der Waals surface area contributed by atoms with Crippen LogP contribution in [0.5, 0.6) is 5.88 Å². The van der Waals surface area contributed by atoms with Gasteiger partial charge in [-0.3, -0.25) is 18.9 Å². The van der Waals surface area contributed by atoms with Crippen molar-refractivity contribution in [2.24, 2.45) is 4.99 Å². The Labute approximate surface area is 142 Å². The Morgan fingerprint density at radius 2 is 1.83 bits per heavy atom. The van der Waals surface area contributed by atoms with Crippen LogP contribution in [0.15, 0.2) is 9.79 Å². The average Bonchev–Trinajstić information content (AvgIpc) is 2.56. The van der Waals surface area contributed by atoms with Gasteiger partial charge in [-0.15, -0.1) is 0 Å². The number of rotatable bonds is 6. The zero-order valence-corrected chi connectivity index (χ0v) is 14.8. The summed E-state index contributed by atoms with van der Waals surface area (Å²) in [6.07, 6.45) is 5.31. The number of likely N-dealkylation sites (tertiary alicyclic amines) is 1. The van der Waals surface area contributed by atoms with Gasteiger partial charge in [0.05, 0.1) is 6.54 Å². The Morgan fingerprint density at radius 3 is 2.43 bits per heavy atom.